The average molecular weight is 302 g/mol. The van der Waals surface area contributed by atoms with Gasteiger partial charge in [-0.05, 0) is 38.9 Å². The highest BCUT2D eigenvalue weighted by Crippen LogP contribution is 2.36. The van der Waals surface area contributed by atoms with Gasteiger partial charge in [-0.15, -0.1) is 0 Å². The van der Waals surface area contributed by atoms with E-state index in [-0.39, 0.29) is 18.2 Å². The Morgan fingerprint density at radius 3 is 2.05 bits per heavy atom. The highest BCUT2D eigenvalue weighted by atomic mass is 28.4. The third-order valence-corrected chi connectivity index (χ3v) is 7.74. The molecule has 0 unspecified atom stereocenters. The fourth-order valence-corrected chi connectivity index (χ4v) is 2.00. The monoisotopic (exact) mass is 302 g/mol. The minimum absolute atomic E-state index is 0.117. The predicted molar refractivity (Wildman–Crippen MR) is 85.1 cm³/mol. The molecule has 0 aromatic carbocycles. The number of carbonyl (C=O) groups is 1. The zero-order valence-electron chi connectivity index (χ0n) is 14.1. The van der Waals surface area contributed by atoms with E-state index in [4.69, 9.17) is 14.6 Å². The third kappa shape index (κ3) is 7.64. The molecule has 0 atom stereocenters. The molecule has 0 saturated heterocycles. The molecule has 118 valence electrons. The second-order valence-electron chi connectivity index (χ2n) is 7.51. The number of hydrogen-bond donors (Lipinski definition) is 2. The molecule has 0 aromatic rings. The first-order valence-corrected chi connectivity index (χ1v) is 9.82. The van der Waals surface area contributed by atoms with Gasteiger partial charge in [-0.3, -0.25) is 0 Å². The zero-order valence-corrected chi connectivity index (χ0v) is 15.1. The molecule has 20 heavy (non-hydrogen) atoms. The van der Waals surface area contributed by atoms with Crippen LogP contribution < -0.4 is 5.32 Å². The van der Waals surface area contributed by atoms with Gasteiger partial charge in [-0.2, -0.15) is 0 Å². The molecule has 6 heteroatoms. The van der Waals surface area contributed by atoms with Crippen LogP contribution in [0.4, 0.5) is 4.79 Å². The van der Waals surface area contributed by atoms with Crippen molar-refractivity contribution in [2.45, 2.75) is 65.3 Å². The summed E-state index contributed by atoms with van der Waals surface area (Å²) in [5, 5.41) is 10.5. The van der Waals surface area contributed by atoms with Crippen LogP contribution in [-0.2, 0) is 9.16 Å². The quantitative estimate of drug-likeness (QED) is 0.602. The lowest BCUT2D eigenvalue weighted by Crippen LogP contribution is -2.43. The van der Waals surface area contributed by atoms with Gasteiger partial charge in [-0.25, -0.2) is 4.79 Å². The van der Waals surface area contributed by atoms with Gasteiger partial charge in [-0.1, -0.05) is 20.8 Å². The second-order valence-corrected chi connectivity index (χ2v) is 12.3. The number of hydrogen-bond acceptors (Lipinski definition) is 4. The van der Waals surface area contributed by atoms with Gasteiger partial charge in [0.1, 0.15) is 5.60 Å². The lowest BCUT2D eigenvalue weighted by atomic mass is 10.2. The van der Waals surface area contributed by atoms with E-state index in [1.54, 1.807) is 20.8 Å². The van der Waals surface area contributed by atoms with Crippen molar-refractivity contribution in [3.05, 3.63) is 0 Å². The fraction of sp³-hybridized carbons (Fsp3) is 0.857. The molecule has 0 rings (SSSR count). The van der Waals surface area contributed by atoms with Crippen LogP contribution in [0.15, 0.2) is 0 Å². The molecule has 0 fully saturated rings. The van der Waals surface area contributed by atoms with Crippen molar-refractivity contribution < 1.29 is 14.0 Å². The summed E-state index contributed by atoms with van der Waals surface area (Å²) in [6.07, 6.45) is -0.505. The Hall–Kier alpha value is -0.883. The highest BCUT2D eigenvalue weighted by molar-refractivity contribution is 6.74. The van der Waals surface area contributed by atoms with E-state index in [1.165, 1.54) is 0 Å². The van der Waals surface area contributed by atoms with Gasteiger partial charge in [0, 0.05) is 0 Å². The molecule has 0 saturated carbocycles. The number of rotatable bonds is 5. The van der Waals surface area contributed by atoms with Crippen LogP contribution in [0.3, 0.4) is 0 Å². The van der Waals surface area contributed by atoms with E-state index >= 15 is 0 Å². The molecule has 0 aliphatic carbocycles. The van der Waals surface area contributed by atoms with E-state index in [9.17, 15) is 4.79 Å². The Bertz CT molecular complexity index is 354. The third-order valence-electron chi connectivity index (χ3n) is 3.26. The van der Waals surface area contributed by atoms with E-state index in [1.807, 2.05) is 0 Å². The van der Waals surface area contributed by atoms with Gasteiger partial charge in [0.25, 0.3) is 0 Å². The molecule has 0 bridgehead atoms. The van der Waals surface area contributed by atoms with Crippen molar-refractivity contribution in [2.75, 3.05) is 13.2 Å². The summed E-state index contributed by atoms with van der Waals surface area (Å²) in [6.45, 7) is 16.6. The molecule has 0 aliphatic rings. The fourth-order valence-electron chi connectivity index (χ4n) is 1.03. The minimum atomic E-state index is -1.85. The van der Waals surface area contributed by atoms with Gasteiger partial charge in [0.2, 0.25) is 0 Å². The van der Waals surface area contributed by atoms with Crippen molar-refractivity contribution in [3.63, 3.8) is 0 Å². The predicted octanol–water partition coefficient (Wildman–Crippen LogP) is 3.55. The molecule has 1 amide bonds. The molecular weight excluding hydrogens is 272 g/mol. The topological polar surface area (TPSA) is 71.4 Å². The van der Waals surface area contributed by atoms with Gasteiger partial charge in [0.05, 0.1) is 18.9 Å². The van der Waals surface area contributed by atoms with Gasteiger partial charge in [0.15, 0.2) is 8.32 Å². The van der Waals surface area contributed by atoms with Crippen LogP contribution in [0.25, 0.3) is 0 Å². The SMILES string of the molecule is CC(C)(C)OC(=O)NCC(=N)CO[Si](C)(C)C(C)(C)C. The Labute approximate surface area is 124 Å². The second kappa shape index (κ2) is 6.71. The first-order valence-electron chi connectivity index (χ1n) is 6.92. The van der Waals surface area contributed by atoms with E-state index in [2.05, 4.69) is 39.2 Å². The summed E-state index contributed by atoms with van der Waals surface area (Å²) in [7, 11) is -1.85. The number of ether oxygens (including phenoxy) is 1. The van der Waals surface area contributed by atoms with Crippen molar-refractivity contribution in [2.24, 2.45) is 0 Å². The van der Waals surface area contributed by atoms with Crippen LogP contribution in [-0.4, -0.2) is 38.9 Å². The van der Waals surface area contributed by atoms with Crippen molar-refractivity contribution >= 4 is 20.1 Å². The standard InChI is InChI=1S/C14H30N2O3Si/c1-13(2,3)19-12(17)16-9-11(15)10-18-20(7,8)14(4,5)6/h15H,9-10H2,1-8H3,(H,16,17). The maximum Gasteiger partial charge on any atom is 0.407 e. The lowest BCUT2D eigenvalue weighted by Gasteiger charge is -2.36. The minimum Gasteiger partial charge on any atom is -0.444 e. The van der Waals surface area contributed by atoms with E-state index in [0.29, 0.717) is 5.71 Å². The molecule has 0 aromatic heterocycles. The van der Waals surface area contributed by atoms with E-state index < -0.39 is 20.0 Å². The summed E-state index contributed by atoms with van der Waals surface area (Å²) < 4.78 is 11.0. The number of amides is 1. The Morgan fingerprint density at radius 1 is 1.15 bits per heavy atom. The molecule has 0 heterocycles. The summed E-state index contributed by atoms with van der Waals surface area (Å²) in [4.78, 5) is 11.5. The van der Waals surface area contributed by atoms with Crippen LogP contribution in [0, 0.1) is 5.41 Å². The van der Waals surface area contributed by atoms with Crippen LogP contribution in [0.2, 0.25) is 18.1 Å². The number of carbonyl (C=O) groups excluding carboxylic acids is 1. The van der Waals surface area contributed by atoms with Crippen LogP contribution in [0.5, 0.6) is 0 Å². The largest absolute Gasteiger partial charge is 0.444 e. The molecule has 2 N–H and O–H groups in total. The van der Waals surface area contributed by atoms with Crippen LogP contribution >= 0.6 is 0 Å². The lowest BCUT2D eigenvalue weighted by molar-refractivity contribution is 0.0535. The average Bonchev–Trinajstić information content (AvgIpc) is 2.19. The highest BCUT2D eigenvalue weighted by Gasteiger charge is 2.37. The Kier molecular flexibility index (Phi) is 6.42. The van der Waals surface area contributed by atoms with Crippen molar-refractivity contribution in [1.29, 1.82) is 5.41 Å². The normalized spacial score (nSPS) is 13.0. The Morgan fingerprint density at radius 2 is 1.65 bits per heavy atom. The molecule has 0 radical (unpaired) electrons. The first-order chi connectivity index (χ1) is 8.74. The molecular formula is C14H30N2O3Si. The Balaban J connectivity index is 4.12. The van der Waals surface area contributed by atoms with Crippen molar-refractivity contribution in [3.8, 4) is 0 Å². The first kappa shape index (κ1) is 19.1. The van der Waals surface area contributed by atoms with Gasteiger partial charge >= 0.3 is 6.09 Å². The summed E-state index contributed by atoms with van der Waals surface area (Å²) in [5.41, 5.74) is -0.176. The number of alkyl carbamates (subject to hydrolysis) is 1. The summed E-state index contributed by atoms with van der Waals surface area (Å²) >= 11 is 0. The molecule has 0 spiro atoms. The molecule has 5 nitrogen and oxygen atoms in total. The van der Waals surface area contributed by atoms with Crippen molar-refractivity contribution in [1.82, 2.24) is 5.32 Å². The zero-order chi connectivity index (χ0) is 16.2. The maximum atomic E-state index is 11.5. The summed E-state index contributed by atoms with van der Waals surface area (Å²) in [5.74, 6) is 0. The molecule has 0 aliphatic heterocycles. The summed E-state index contributed by atoms with van der Waals surface area (Å²) in [6, 6.07) is 0. The maximum absolute atomic E-state index is 11.5. The smallest absolute Gasteiger partial charge is 0.407 e. The van der Waals surface area contributed by atoms with Gasteiger partial charge < -0.3 is 19.9 Å². The van der Waals surface area contributed by atoms with Crippen LogP contribution in [0.1, 0.15) is 41.5 Å². The van der Waals surface area contributed by atoms with E-state index in [0.717, 1.165) is 0 Å². The number of nitrogens with one attached hydrogen (secondary N) is 2.